The average Bonchev–Trinajstić information content (AvgIpc) is 2.19. The third-order valence-electron chi connectivity index (χ3n) is 2.35. The summed E-state index contributed by atoms with van der Waals surface area (Å²) in [6, 6.07) is 10.5. The van der Waals surface area contributed by atoms with Crippen molar-refractivity contribution >= 4 is 0 Å². The molecule has 1 unspecified atom stereocenters. The largest absolute Gasteiger partial charge is 0.297 e. The Labute approximate surface area is 86.2 Å². The zero-order valence-electron chi connectivity index (χ0n) is 9.16. The second kappa shape index (κ2) is 5.78. The Morgan fingerprint density at radius 2 is 1.79 bits per heavy atom. The molecule has 0 aromatic heterocycles. The lowest BCUT2D eigenvalue weighted by molar-refractivity contribution is -0.00229. The van der Waals surface area contributed by atoms with E-state index < -0.39 is 0 Å². The summed E-state index contributed by atoms with van der Waals surface area (Å²) in [5.74, 6) is 0.589. The fraction of sp³-hybridized carbons (Fsp3) is 0.500. The van der Waals surface area contributed by atoms with E-state index in [4.69, 9.17) is 4.84 Å². The molecule has 0 spiro atoms. The van der Waals surface area contributed by atoms with Gasteiger partial charge < -0.3 is 0 Å². The van der Waals surface area contributed by atoms with Crippen LogP contribution < -0.4 is 5.48 Å². The lowest BCUT2D eigenvalue weighted by Gasteiger charge is -2.16. The molecule has 0 amide bonds. The topological polar surface area (TPSA) is 21.3 Å². The van der Waals surface area contributed by atoms with Crippen molar-refractivity contribution in [1.29, 1.82) is 0 Å². The van der Waals surface area contributed by atoms with E-state index in [-0.39, 0.29) is 0 Å². The van der Waals surface area contributed by atoms with Crippen molar-refractivity contribution in [2.75, 3.05) is 0 Å². The van der Waals surface area contributed by atoms with Crippen molar-refractivity contribution in [3.63, 3.8) is 0 Å². The van der Waals surface area contributed by atoms with E-state index in [2.05, 4.69) is 38.4 Å². The smallest absolute Gasteiger partial charge is 0.0933 e. The number of hydroxylamine groups is 1. The van der Waals surface area contributed by atoms with Gasteiger partial charge in [-0.1, -0.05) is 44.2 Å². The van der Waals surface area contributed by atoms with Crippen molar-refractivity contribution in [3.05, 3.63) is 35.9 Å². The fourth-order valence-electron chi connectivity index (χ4n) is 0.967. The van der Waals surface area contributed by atoms with Gasteiger partial charge in [-0.05, 0) is 18.4 Å². The average molecular weight is 193 g/mol. The Morgan fingerprint density at radius 1 is 1.14 bits per heavy atom. The minimum atomic E-state index is 0.388. The van der Waals surface area contributed by atoms with Crippen LogP contribution in [0.2, 0.25) is 0 Å². The maximum absolute atomic E-state index is 5.39. The standard InChI is InChI=1S/C12H19NO/c1-10(2)11(3)13-14-9-12-7-5-4-6-8-12/h4-8,10-11,13H,9H2,1-3H3. The fourth-order valence-corrected chi connectivity index (χ4v) is 0.967. The molecule has 0 saturated carbocycles. The molecule has 0 aliphatic heterocycles. The summed E-state index contributed by atoms with van der Waals surface area (Å²) in [6.45, 7) is 7.08. The number of hydrogen-bond donors (Lipinski definition) is 1. The maximum Gasteiger partial charge on any atom is 0.0933 e. The first kappa shape index (κ1) is 11.2. The molecule has 1 aromatic carbocycles. The lowest BCUT2D eigenvalue weighted by Crippen LogP contribution is -2.30. The van der Waals surface area contributed by atoms with E-state index in [0.29, 0.717) is 18.6 Å². The first-order valence-electron chi connectivity index (χ1n) is 5.11. The molecule has 2 heteroatoms. The van der Waals surface area contributed by atoms with Crippen LogP contribution in [0.15, 0.2) is 30.3 Å². The van der Waals surface area contributed by atoms with Gasteiger partial charge in [0, 0.05) is 6.04 Å². The summed E-state index contributed by atoms with van der Waals surface area (Å²) in [7, 11) is 0. The molecule has 1 aromatic rings. The highest BCUT2D eigenvalue weighted by Crippen LogP contribution is 2.02. The van der Waals surface area contributed by atoms with Gasteiger partial charge in [0.2, 0.25) is 0 Å². The van der Waals surface area contributed by atoms with Gasteiger partial charge in [0.05, 0.1) is 6.61 Å². The molecular weight excluding hydrogens is 174 g/mol. The minimum absolute atomic E-state index is 0.388. The molecule has 0 aliphatic rings. The Kier molecular flexibility index (Phi) is 4.63. The van der Waals surface area contributed by atoms with Gasteiger partial charge in [-0.25, -0.2) is 0 Å². The molecule has 14 heavy (non-hydrogen) atoms. The van der Waals surface area contributed by atoms with Crippen LogP contribution in [-0.2, 0) is 11.4 Å². The highest BCUT2D eigenvalue weighted by atomic mass is 16.6. The van der Waals surface area contributed by atoms with E-state index in [9.17, 15) is 0 Å². The van der Waals surface area contributed by atoms with E-state index in [1.165, 1.54) is 5.56 Å². The van der Waals surface area contributed by atoms with Gasteiger partial charge in [0.15, 0.2) is 0 Å². The molecule has 0 saturated heterocycles. The predicted octanol–water partition coefficient (Wildman–Crippen LogP) is 2.75. The number of benzene rings is 1. The molecule has 0 radical (unpaired) electrons. The monoisotopic (exact) mass is 193 g/mol. The summed E-state index contributed by atoms with van der Waals surface area (Å²) < 4.78 is 0. The quantitative estimate of drug-likeness (QED) is 0.726. The van der Waals surface area contributed by atoms with Crippen molar-refractivity contribution in [2.45, 2.75) is 33.4 Å². The van der Waals surface area contributed by atoms with Gasteiger partial charge >= 0.3 is 0 Å². The summed E-state index contributed by atoms with van der Waals surface area (Å²) in [6.07, 6.45) is 0. The van der Waals surface area contributed by atoms with Gasteiger partial charge in [0.1, 0.15) is 0 Å². The predicted molar refractivity (Wildman–Crippen MR) is 58.7 cm³/mol. The molecule has 1 atom stereocenters. The van der Waals surface area contributed by atoms with Crippen LogP contribution >= 0.6 is 0 Å². The van der Waals surface area contributed by atoms with Crippen molar-refractivity contribution in [3.8, 4) is 0 Å². The van der Waals surface area contributed by atoms with Crippen LogP contribution in [0, 0.1) is 5.92 Å². The third kappa shape index (κ3) is 3.90. The second-order valence-electron chi connectivity index (χ2n) is 3.92. The highest BCUT2D eigenvalue weighted by Gasteiger charge is 2.05. The van der Waals surface area contributed by atoms with Crippen molar-refractivity contribution in [1.82, 2.24) is 5.48 Å². The van der Waals surface area contributed by atoms with Crippen LogP contribution in [0.5, 0.6) is 0 Å². The Bertz CT molecular complexity index is 246. The zero-order valence-corrected chi connectivity index (χ0v) is 9.16. The molecule has 0 aliphatic carbocycles. The van der Waals surface area contributed by atoms with E-state index in [1.54, 1.807) is 0 Å². The minimum Gasteiger partial charge on any atom is -0.297 e. The number of rotatable bonds is 5. The molecule has 0 fully saturated rings. The van der Waals surface area contributed by atoms with Gasteiger partial charge in [-0.3, -0.25) is 4.84 Å². The zero-order chi connectivity index (χ0) is 10.4. The van der Waals surface area contributed by atoms with Crippen LogP contribution in [0.25, 0.3) is 0 Å². The third-order valence-corrected chi connectivity index (χ3v) is 2.35. The van der Waals surface area contributed by atoms with Crippen LogP contribution in [0.3, 0.4) is 0 Å². The summed E-state index contributed by atoms with van der Waals surface area (Å²) in [5, 5.41) is 0. The molecule has 0 bridgehead atoms. The first-order chi connectivity index (χ1) is 6.70. The molecular formula is C12H19NO. The Morgan fingerprint density at radius 3 is 2.36 bits per heavy atom. The van der Waals surface area contributed by atoms with Crippen LogP contribution in [0.4, 0.5) is 0 Å². The summed E-state index contributed by atoms with van der Waals surface area (Å²) >= 11 is 0. The molecule has 78 valence electrons. The molecule has 1 N–H and O–H groups in total. The maximum atomic E-state index is 5.39. The summed E-state index contributed by atoms with van der Waals surface area (Å²) in [4.78, 5) is 5.39. The lowest BCUT2D eigenvalue weighted by atomic mass is 10.1. The van der Waals surface area contributed by atoms with Crippen molar-refractivity contribution < 1.29 is 4.84 Å². The van der Waals surface area contributed by atoms with Gasteiger partial charge in [-0.2, -0.15) is 5.48 Å². The normalized spacial score (nSPS) is 13.1. The van der Waals surface area contributed by atoms with Crippen LogP contribution in [0.1, 0.15) is 26.3 Å². The van der Waals surface area contributed by atoms with Crippen LogP contribution in [-0.4, -0.2) is 6.04 Å². The van der Waals surface area contributed by atoms with Crippen molar-refractivity contribution in [2.24, 2.45) is 5.92 Å². The summed E-state index contributed by atoms with van der Waals surface area (Å²) in [5.41, 5.74) is 4.22. The SMILES string of the molecule is CC(C)C(C)NOCc1ccccc1. The van der Waals surface area contributed by atoms with E-state index in [0.717, 1.165) is 0 Å². The van der Waals surface area contributed by atoms with E-state index >= 15 is 0 Å². The highest BCUT2D eigenvalue weighted by molar-refractivity contribution is 5.13. The molecule has 0 heterocycles. The van der Waals surface area contributed by atoms with E-state index in [1.807, 2.05) is 18.2 Å². The van der Waals surface area contributed by atoms with Gasteiger partial charge in [-0.15, -0.1) is 0 Å². The first-order valence-corrected chi connectivity index (χ1v) is 5.11. The Hall–Kier alpha value is -0.860. The molecule has 2 nitrogen and oxygen atoms in total. The van der Waals surface area contributed by atoms with Gasteiger partial charge in [0.25, 0.3) is 0 Å². The Balaban J connectivity index is 2.22. The number of nitrogens with one attached hydrogen (secondary N) is 1. The molecule has 1 rings (SSSR count). The number of hydrogen-bond acceptors (Lipinski definition) is 2. The second-order valence-corrected chi connectivity index (χ2v) is 3.92.